The average molecular weight is 291 g/mol. The van der Waals surface area contributed by atoms with Crippen molar-refractivity contribution in [3.63, 3.8) is 0 Å². The quantitative estimate of drug-likeness (QED) is 0.327. The van der Waals surface area contributed by atoms with E-state index in [9.17, 15) is 0 Å². The second-order valence-corrected chi connectivity index (χ2v) is 6.71. The highest BCUT2D eigenvalue weighted by Gasteiger charge is 2.05. The lowest BCUT2D eigenvalue weighted by atomic mass is 10.1. The van der Waals surface area contributed by atoms with E-state index in [0.29, 0.717) is 5.92 Å². The van der Waals surface area contributed by atoms with Crippen molar-refractivity contribution in [3.8, 4) is 0 Å². The molecular weight excluding hydrogens is 254 g/mol. The fourth-order valence-corrected chi connectivity index (χ4v) is 2.80. The van der Waals surface area contributed by atoms with Gasteiger partial charge in [0, 0.05) is 18.1 Å². The van der Waals surface area contributed by atoms with Gasteiger partial charge in [0.1, 0.15) is 6.54 Å². The van der Waals surface area contributed by atoms with Crippen LogP contribution in [0.15, 0.2) is 24.5 Å². The maximum Gasteiger partial charge on any atom is 0.172 e. The van der Waals surface area contributed by atoms with Gasteiger partial charge in [0.25, 0.3) is 0 Å². The molecule has 0 fully saturated rings. The van der Waals surface area contributed by atoms with E-state index in [4.69, 9.17) is 0 Å². The Bertz CT molecular complexity index is 357. The number of hydrogen-bond donors (Lipinski definition) is 0. The smallest absolute Gasteiger partial charge is 0.172 e. The first-order valence-corrected chi connectivity index (χ1v) is 9.23. The molecule has 1 nitrogen and oxygen atoms in total. The molecule has 0 radical (unpaired) electrons. The van der Waals surface area contributed by atoms with Crippen LogP contribution < -0.4 is 4.57 Å². The number of hydrogen-bond acceptors (Lipinski definition) is 0. The molecule has 1 rings (SSSR count). The van der Waals surface area contributed by atoms with Gasteiger partial charge in [-0.05, 0) is 18.4 Å². The predicted molar refractivity (Wildman–Crippen MR) is 92.6 cm³/mol. The number of aromatic nitrogens is 1. The predicted octanol–water partition coefficient (Wildman–Crippen LogP) is 6.02. The number of nitrogens with zero attached hydrogens (tertiary/aromatic N) is 1. The molecular formula is C20H36N+. The SMILES string of the molecule is CCCCCCCCCCCC[n+]1cccc(C(C)C)c1. The second-order valence-electron chi connectivity index (χ2n) is 6.71. The van der Waals surface area contributed by atoms with Crippen LogP contribution in [-0.2, 0) is 6.54 Å². The van der Waals surface area contributed by atoms with Gasteiger partial charge in [-0.2, -0.15) is 0 Å². The van der Waals surface area contributed by atoms with E-state index >= 15 is 0 Å². The van der Waals surface area contributed by atoms with Gasteiger partial charge in [-0.1, -0.05) is 72.1 Å². The van der Waals surface area contributed by atoms with E-state index in [1.807, 2.05) is 0 Å². The summed E-state index contributed by atoms with van der Waals surface area (Å²) in [6.45, 7) is 7.99. The molecule has 0 amide bonds. The Kier molecular flexibility index (Phi) is 10.2. The van der Waals surface area contributed by atoms with Crippen LogP contribution in [0.3, 0.4) is 0 Å². The third-order valence-electron chi connectivity index (χ3n) is 4.32. The summed E-state index contributed by atoms with van der Waals surface area (Å²) in [7, 11) is 0. The van der Waals surface area contributed by atoms with E-state index < -0.39 is 0 Å². The Labute approximate surface area is 132 Å². The Balaban J connectivity index is 2.00. The van der Waals surface area contributed by atoms with Crippen LogP contribution in [-0.4, -0.2) is 0 Å². The van der Waals surface area contributed by atoms with Gasteiger partial charge in [-0.15, -0.1) is 0 Å². The standard InChI is InChI=1S/C20H36N/c1-4-5-6-7-8-9-10-11-12-13-16-21-17-14-15-20(18-21)19(2)3/h14-15,17-19H,4-13,16H2,1-3H3/q+1. The number of aryl methyl sites for hydroxylation is 1. The molecule has 1 heteroatoms. The van der Waals surface area contributed by atoms with Crippen molar-refractivity contribution >= 4 is 0 Å². The van der Waals surface area contributed by atoms with Gasteiger partial charge in [-0.3, -0.25) is 0 Å². The number of unbranched alkanes of at least 4 members (excludes halogenated alkanes) is 9. The highest BCUT2D eigenvalue weighted by atomic mass is 14.9. The summed E-state index contributed by atoms with van der Waals surface area (Å²) < 4.78 is 2.36. The third kappa shape index (κ3) is 8.90. The molecule has 0 bridgehead atoms. The Morgan fingerprint density at radius 1 is 0.857 bits per heavy atom. The minimum absolute atomic E-state index is 0.630. The molecule has 0 spiro atoms. The lowest BCUT2D eigenvalue weighted by molar-refractivity contribution is -0.697. The largest absolute Gasteiger partial charge is 0.205 e. The van der Waals surface area contributed by atoms with Crippen LogP contribution in [0.25, 0.3) is 0 Å². The zero-order chi connectivity index (χ0) is 15.3. The fourth-order valence-electron chi connectivity index (χ4n) is 2.80. The molecule has 0 N–H and O–H groups in total. The molecule has 0 aromatic carbocycles. The zero-order valence-corrected chi connectivity index (χ0v) is 14.6. The summed E-state index contributed by atoms with van der Waals surface area (Å²) >= 11 is 0. The third-order valence-corrected chi connectivity index (χ3v) is 4.32. The summed E-state index contributed by atoms with van der Waals surface area (Å²) in [6.07, 6.45) is 18.6. The van der Waals surface area contributed by atoms with Gasteiger partial charge >= 0.3 is 0 Å². The minimum Gasteiger partial charge on any atom is -0.205 e. The normalized spacial score (nSPS) is 11.2. The maximum absolute atomic E-state index is 2.36. The summed E-state index contributed by atoms with van der Waals surface area (Å²) in [5.74, 6) is 0.630. The number of rotatable bonds is 12. The molecule has 1 aromatic heterocycles. The molecule has 0 aliphatic heterocycles. The molecule has 0 saturated heterocycles. The van der Waals surface area contributed by atoms with E-state index in [2.05, 4.69) is 49.9 Å². The summed E-state index contributed by atoms with van der Waals surface area (Å²) in [5, 5.41) is 0. The lowest BCUT2D eigenvalue weighted by Gasteiger charge is -2.04. The van der Waals surface area contributed by atoms with Crippen LogP contribution in [0.4, 0.5) is 0 Å². The zero-order valence-electron chi connectivity index (χ0n) is 14.6. The Hall–Kier alpha value is -0.850. The topological polar surface area (TPSA) is 3.88 Å². The minimum atomic E-state index is 0.630. The van der Waals surface area contributed by atoms with Gasteiger partial charge in [-0.25, -0.2) is 4.57 Å². The first-order valence-electron chi connectivity index (χ1n) is 9.23. The first kappa shape index (κ1) is 18.2. The van der Waals surface area contributed by atoms with Crippen molar-refractivity contribution in [1.82, 2.24) is 0 Å². The first-order chi connectivity index (χ1) is 10.2. The van der Waals surface area contributed by atoms with Crippen molar-refractivity contribution in [3.05, 3.63) is 30.1 Å². The molecule has 0 saturated carbocycles. The van der Waals surface area contributed by atoms with E-state index in [0.717, 1.165) is 0 Å². The molecule has 1 heterocycles. The molecule has 0 atom stereocenters. The maximum atomic E-state index is 2.36. The van der Waals surface area contributed by atoms with Gasteiger partial charge in [0.05, 0.1) is 0 Å². The summed E-state index contributed by atoms with van der Waals surface area (Å²) in [5.41, 5.74) is 1.45. The molecule has 0 aliphatic rings. The molecule has 21 heavy (non-hydrogen) atoms. The van der Waals surface area contributed by atoms with Crippen molar-refractivity contribution in [2.45, 2.75) is 97.4 Å². The average Bonchev–Trinajstić information content (AvgIpc) is 2.49. The van der Waals surface area contributed by atoms with E-state index in [1.54, 1.807) is 0 Å². The summed E-state index contributed by atoms with van der Waals surface area (Å²) in [6, 6.07) is 4.42. The monoisotopic (exact) mass is 290 g/mol. The molecule has 0 aliphatic carbocycles. The van der Waals surface area contributed by atoms with Crippen LogP contribution in [0.5, 0.6) is 0 Å². The fraction of sp³-hybridized carbons (Fsp3) is 0.750. The van der Waals surface area contributed by atoms with E-state index in [-0.39, 0.29) is 0 Å². The van der Waals surface area contributed by atoms with Crippen LogP contribution in [0.1, 0.15) is 96.5 Å². The summed E-state index contributed by atoms with van der Waals surface area (Å²) in [4.78, 5) is 0. The van der Waals surface area contributed by atoms with Crippen LogP contribution in [0.2, 0.25) is 0 Å². The van der Waals surface area contributed by atoms with Crippen molar-refractivity contribution < 1.29 is 4.57 Å². The van der Waals surface area contributed by atoms with Crippen molar-refractivity contribution in [2.24, 2.45) is 0 Å². The lowest BCUT2D eigenvalue weighted by Crippen LogP contribution is -2.33. The molecule has 0 unspecified atom stereocenters. The van der Waals surface area contributed by atoms with Gasteiger partial charge in [0.2, 0.25) is 0 Å². The van der Waals surface area contributed by atoms with Crippen LogP contribution >= 0.6 is 0 Å². The second kappa shape index (κ2) is 11.8. The Morgan fingerprint density at radius 3 is 2.00 bits per heavy atom. The van der Waals surface area contributed by atoms with Crippen molar-refractivity contribution in [2.75, 3.05) is 0 Å². The highest BCUT2D eigenvalue weighted by molar-refractivity contribution is 5.09. The van der Waals surface area contributed by atoms with Gasteiger partial charge in [0.15, 0.2) is 12.4 Å². The van der Waals surface area contributed by atoms with Crippen LogP contribution in [0, 0.1) is 0 Å². The highest BCUT2D eigenvalue weighted by Crippen LogP contribution is 2.12. The van der Waals surface area contributed by atoms with Gasteiger partial charge < -0.3 is 0 Å². The van der Waals surface area contributed by atoms with Crippen molar-refractivity contribution in [1.29, 1.82) is 0 Å². The molecule has 1 aromatic rings. The molecule has 120 valence electrons. The van der Waals surface area contributed by atoms with E-state index in [1.165, 1.54) is 76.3 Å². The Morgan fingerprint density at radius 2 is 1.43 bits per heavy atom. The number of pyridine rings is 1.